The Morgan fingerprint density at radius 2 is 2.05 bits per heavy atom. The van der Waals surface area contributed by atoms with Crippen molar-refractivity contribution < 1.29 is 14.5 Å². The van der Waals surface area contributed by atoms with E-state index in [1.165, 1.54) is 18.3 Å². The molecule has 1 heterocycles. The van der Waals surface area contributed by atoms with Crippen molar-refractivity contribution in [2.75, 3.05) is 0 Å². The zero-order valence-corrected chi connectivity index (χ0v) is 11.9. The van der Waals surface area contributed by atoms with Gasteiger partial charge in [-0.25, -0.2) is 4.79 Å². The van der Waals surface area contributed by atoms with Gasteiger partial charge in [0.2, 0.25) is 0 Å². The van der Waals surface area contributed by atoms with E-state index in [4.69, 9.17) is 4.74 Å². The zero-order valence-electron chi connectivity index (χ0n) is 11.9. The molecule has 0 aliphatic rings. The second-order valence-electron chi connectivity index (χ2n) is 5.42. The van der Waals surface area contributed by atoms with Crippen LogP contribution in [0.1, 0.15) is 20.8 Å². The Balaban J connectivity index is 2.39. The third-order valence-electron chi connectivity index (χ3n) is 2.56. The van der Waals surface area contributed by atoms with Gasteiger partial charge >= 0.3 is 6.09 Å². The first-order chi connectivity index (χ1) is 9.78. The van der Waals surface area contributed by atoms with Gasteiger partial charge in [0, 0.05) is 17.7 Å². The maximum absolute atomic E-state index is 12.1. The molecule has 0 fully saturated rings. The Morgan fingerprint density at radius 3 is 2.67 bits per heavy atom. The summed E-state index contributed by atoms with van der Waals surface area (Å²) in [5, 5.41) is 14.7. The number of nitrogens with zero attached hydrogens (tertiary/aromatic N) is 3. The molecule has 0 aliphatic heterocycles. The highest BCUT2D eigenvalue weighted by Crippen LogP contribution is 2.24. The van der Waals surface area contributed by atoms with Crippen LogP contribution in [0.2, 0.25) is 0 Å². The fraction of sp³-hybridized carbons (Fsp3) is 0.286. The number of hydrogen-bond donors (Lipinski definition) is 0. The first kappa shape index (κ1) is 14.7. The summed E-state index contributed by atoms with van der Waals surface area (Å²) in [5.74, 6) is 0. The second kappa shape index (κ2) is 5.35. The molecule has 0 saturated heterocycles. The highest BCUT2D eigenvalue weighted by atomic mass is 16.6. The van der Waals surface area contributed by atoms with Crippen LogP contribution >= 0.6 is 0 Å². The van der Waals surface area contributed by atoms with Crippen molar-refractivity contribution in [3.05, 3.63) is 46.6 Å². The minimum absolute atomic E-state index is 0.0514. The summed E-state index contributed by atoms with van der Waals surface area (Å²) in [7, 11) is 0. The van der Waals surface area contributed by atoms with Gasteiger partial charge in [-0.05, 0) is 26.8 Å². The van der Waals surface area contributed by atoms with Gasteiger partial charge in [-0.3, -0.25) is 10.1 Å². The average Bonchev–Trinajstić information content (AvgIpc) is 2.86. The molecule has 0 N–H and O–H groups in total. The number of rotatable bonds is 2. The van der Waals surface area contributed by atoms with Crippen molar-refractivity contribution in [1.29, 1.82) is 0 Å². The van der Waals surface area contributed by atoms with E-state index in [2.05, 4.69) is 5.10 Å². The van der Waals surface area contributed by atoms with Gasteiger partial charge in [0.15, 0.2) is 0 Å². The monoisotopic (exact) mass is 289 g/mol. The molecule has 7 nitrogen and oxygen atoms in total. The van der Waals surface area contributed by atoms with Crippen molar-refractivity contribution in [1.82, 2.24) is 9.78 Å². The van der Waals surface area contributed by atoms with Crippen LogP contribution in [0.3, 0.4) is 0 Å². The topological polar surface area (TPSA) is 87.3 Å². The van der Waals surface area contributed by atoms with Crippen LogP contribution < -0.4 is 0 Å². The van der Waals surface area contributed by atoms with Gasteiger partial charge in [0.25, 0.3) is 5.69 Å². The van der Waals surface area contributed by atoms with E-state index >= 15 is 0 Å². The minimum Gasteiger partial charge on any atom is -0.442 e. The molecule has 0 unspecified atom stereocenters. The van der Waals surface area contributed by atoms with Crippen LogP contribution in [0.25, 0.3) is 11.3 Å². The van der Waals surface area contributed by atoms with Crippen LogP contribution in [0, 0.1) is 10.1 Å². The molecular weight excluding hydrogens is 274 g/mol. The van der Waals surface area contributed by atoms with Crippen molar-refractivity contribution in [3.8, 4) is 11.3 Å². The molecule has 0 spiro atoms. The minimum atomic E-state index is -0.650. The Bertz CT molecular complexity index is 686. The number of carbonyl (C=O) groups is 1. The first-order valence-corrected chi connectivity index (χ1v) is 6.30. The maximum Gasteiger partial charge on any atom is 0.435 e. The number of benzene rings is 1. The van der Waals surface area contributed by atoms with Crippen molar-refractivity contribution in [2.45, 2.75) is 26.4 Å². The van der Waals surface area contributed by atoms with E-state index in [1.54, 1.807) is 39.0 Å². The highest BCUT2D eigenvalue weighted by molar-refractivity contribution is 5.77. The number of ether oxygens (including phenoxy) is 1. The summed E-state index contributed by atoms with van der Waals surface area (Å²) >= 11 is 0. The molecule has 0 amide bonds. The Hall–Kier alpha value is -2.70. The Kier molecular flexibility index (Phi) is 3.75. The molecule has 1 aromatic heterocycles. The Labute approximate surface area is 121 Å². The summed E-state index contributed by atoms with van der Waals surface area (Å²) in [6.07, 6.45) is 0.812. The summed E-state index contributed by atoms with van der Waals surface area (Å²) in [6, 6.07) is 7.60. The van der Waals surface area contributed by atoms with E-state index in [0.717, 1.165) is 4.68 Å². The zero-order chi connectivity index (χ0) is 15.6. The smallest absolute Gasteiger partial charge is 0.435 e. The van der Waals surface area contributed by atoms with Gasteiger partial charge in [-0.1, -0.05) is 12.1 Å². The predicted molar refractivity (Wildman–Crippen MR) is 75.9 cm³/mol. The molecule has 0 atom stereocenters. The van der Waals surface area contributed by atoms with Crippen LogP contribution in [-0.2, 0) is 4.74 Å². The number of hydrogen-bond acceptors (Lipinski definition) is 5. The molecule has 0 bridgehead atoms. The van der Waals surface area contributed by atoms with E-state index in [0.29, 0.717) is 11.3 Å². The lowest BCUT2D eigenvalue weighted by Gasteiger charge is -2.19. The van der Waals surface area contributed by atoms with Crippen LogP contribution in [-0.4, -0.2) is 26.4 Å². The van der Waals surface area contributed by atoms with Gasteiger partial charge in [0.1, 0.15) is 5.60 Å². The largest absolute Gasteiger partial charge is 0.442 e. The van der Waals surface area contributed by atoms with Crippen molar-refractivity contribution >= 4 is 11.8 Å². The third kappa shape index (κ3) is 3.44. The molecule has 2 rings (SSSR count). The van der Waals surface area contributed by atoms with Crippen LogP contribution in [0.4, 0.5) is 10.5 Å². The van der Waals surface area contributed by atoms with Gasteiger partial charge < -0.3 is 4.74 Å². The molecule has 110 valence electrons. The molecule has 0 saturated carbocycles. The molecule has 0 radical (unpaired) electrons. The lowest BCUT2D eigenvalue weighted by molar-refractivity contribution is -0.384. The van der Waals surface area contributed by atoms with E-state index < -0.39 is 16.6 Å². The van der Waals surface area contributed by atoms with Gasteiger partial charge in [0.05, 0.1) is 16.8 Å². The number of nitro groups is 1. The third-order valence-corrected chi connectivity index (χ3v) is 2.56. The van der Waals surface area contributed by atoms with Gasteiger partial charge in [-0.15, -0.1) is 0 Å². The SMILES string of the molecule is CC(C)(C)OC(=O)n1nccc1-c1cccc([N+](=O)[O-])c1. The number of non-ortho nitro benzene ring substituents is 1. The van der Waals surface area contributed by atoms with Crippen molar-refractivity contribution in [3.63, 3.8) is 0 Å². The molecule has 0 aliphatic carbocycles. The fourth-order valence-corrected chi connectivity index (χ4v) is 1.75. The highest BCUT2D eigenvalue weighted by Gasteiger charge is 2.21. The normalized spacial score (nSPS) is 11.2. The van der Waals surface area contributed by atoms with E-state index in [-0.39, 0.29) is 5.69 Å². The number of nitro benzene ring substituents is 1. The summed E-state index contributed by atoms with van der Waals surface area (Å²) in [4.78, 5) is 22.4. The number of aromatic nitrogens is 2. The Morgan fingerprint density at radius 1 is 1.33 bits per heavy atom. The first-order valence-electron chi connectivity index (χ1n) is 6.30. The lowest BCUT2D eigenvalue weighted by Crippen LogP contribution is -2.28. The lowest BCUT2D eigenvalue weighted by atomic mass is 10.1. The second-order valence-corrected chi connectivity index (χ2v) is 5.42. The quantitative estimate of drug-likeness (QED) is 0.625. The van der Waals surface area contributed by atoms with Gasteiger partial charge in [-0.2, -0.15) is 9.78 Å². The molecule has 21 heavy (non-hydrogen) atoms. The average molecular weight is 289 g/mol. The summed E-state index contributed by atoms with van der Waals surface area (Å²) in [5.41, 5.74) is 0.258. The van der Waals surface area contributed by atoms with Crippen LogP contribution in [0.15, 0.2) is 36.5 Å². The summed E-state index contributed by atoms with van der Waals surface area (Å²) < 4.78 is 6.34. The molecule has 7 heteroatoms. The van der Waals surface area contributed by atoms with E-state index in [9.17, 15) is 14.9 Å². The van der Waals surface area contributed by atoms with Crippen molar-refractivity contribution in [2.24, 2.45) is 0 Å². The molecule has 1 aromatic carbocycles. The van der Waals surface area contributed by atoms with E-state index in [1.807, 2.05) is 0 Å². The molecular formula is C14H15N3O4. The predicted octanol–water partition coefficient (Wildman–Crippen LogP) is 3.24. The maximum atomic E-state index is 12.1. The number of carbonyl (C=O) groups excluding carboxylic acids is 1. The summed E-state index contributed by atoms with van der Waals surface area (Å²) in [6.45, 7) is 5.25. The molecule has 2 aromatic rings. The fourth-order valence-electron chi connectivity index (χ4n) is 1.75. The van der Waals surface area contributed by atoms with Crippen LogP contribution in [0.5, 0.6) is 0 Å². The standard InChI is InChI=1S/C14H15N3O4/c1-14(2,3)21-13(18)16-12(7-8-15-16)10-5-4-6-11(9-10)17(19)20/h4-9H,1-3H3.